The summed E-state index contributed by atoms with van der Waals surface area (Å²) in [6.45, 7) is 1.84. The monoisotopic (exact) mass is 250 g/mol. The van der Waals surface area contributed by atoms with Crippen molar-refractivity contribution >= 4 is 12.0 Å². The van der Waals surface area contributed by atoms with E-state index in [1.807, 2.05) is 30.3 Å². The third kappa shape index (κ3) is 3.76. The zero-order valence-electron chi connectivity index (χ0n) is 10.8. The van der Waals surface area contributed by atoms with Gasteiger partial charge in [0, 0.05) is 14.1 Å². The summed E-state index contributed by atoms with van der Waals surface area (Å²) < 4.78 is 5.11. The van der Waals surface area contributed by atoms with Gasteiger partial charge >= 0.3 is 6.09 Å². The van der Waals surface area contributed by atoms with Gasteiger partial charge in [0.25, 0.3) is 0 Å². The molecule has 5 nitrogen and oxygen atoms in total. The quantitative estimate of drug-likeness (QED) is 0.878. The molecule has 1 atom stereocenters. The first kappa shape index (κ1) is 14.0. The molecule has 0 fully saturated rings. The molecule has 1 rings (SSSR count). The van der Waals surface area contributed by atoms with Gasteiger partial charge in [-0.2, -0.15) is 0 Å². The average molecular weight is 250 g/mol. The highest BCUT2D eigenvalue weighted by molar-refractivity contribution is 5.84. The van der Waals surface area contributed by atoms with Crippen LogP contribution < -0.4 is 5.32 Å². The first-order valence-electron chi connectivity index (χ1n) is 5.71. The van der Waals surface area contributed by atoms with Crippen LogP contribution in [0.15, 0.2) is 30.3 Å². The summed E-state index contributed by atoms with van der Waals surface area (Å²) in [5.41, 5.74) is 0.909. The standard InChI is InChI=1S/C13H18N2O3/c1-10(12(16)14-2)15(3)13(17)18-9-11-7-5-4-6-8-11/h4-8,10H,9H2,1-3H3,(H,14,16)/t10-/m0/s1. The SMILES string of the molecule is CNC(=O)[C@H](C)N(C)C(=O)OCc1ccccc1. The fourth-order valence-electron chi connectivity index (χ4n) is 1.36. The highest BCUT2D eigenvalue weighted by atomic mass is 16.6. The molecule has 0 aliphatic carbocycles. The van der Waals surface area contributed by atoms with Gasteiger partial charge in [-0.05, 0) is 12.5 Å². The lowest BCUT2D eigenvalue weighted by molar-refractivity contribution is -0.124. The zero-order valence-corrected chi connectivity index (χ0v) is 10.8. The van der Waals surface area contributed by atoms with Gasteiger partial charge < -0.3 is 10.1 Å². The maximum atomic E-state index is 11.7. The molecule has 0 aromatic heterocycles. The minimum absolute atomic E-state index is 0.199. The summed E-state index contributed by atoms with van der Waals surface area (Å²) in [7, 11) is 3.06. The highest BCUT2D eigenvalue weighted by Gasteiger charge is 2.22. The molecule has 0 bridgehead atoms. The van der Waals surface area contributed by atoms with E-state index in [1.165, 1.54) is 19.0 Å². The summed E-state index contributed by atoms with van der Waals surface area (Å²) in [5.74, 6) is -0.228. The van der Waals surface area contributed by atoms with E-state index in [0.29, 0.717) is 0 Å². The topological polar surface area (TPSA) is 58.6 Å². The molecular formula is C13H18N2O3. The molecule has 18 heavy (non-hydrogen) atoms. The van der Waals surface area contributed by atoms with E-state index < -0.39 is 12.1 Å². The lowest BCUT2D eigenvalue weighted by atomic mass is 10.2. The molecule has 0 heterocycles. The molecule has 2 amide bonds. The number of rotatable bonds is 4. The molecule has 0 saturated carbocycles. The fraction of sp³-hybridized carbons (Fsp3) is 0.385. The van der Waals surface area contributed by atoms with Crippen LogP contribution in [0.4, 0.5) is 4.79 Å². The van der Waals surface area contributed by atoms with Crippen molar-refractivity contribution in [1.29, 1.82) is 0 Å². The predicted octanol–water partition coefficient (Wildman–Crippen LogP) is 1.39. The van der Waals surface area contributed by atoms with Crippen molar-refractivity contribution in [2.45, 2.75) is 19.6 Å². The van der Waals surface area contributed by atoms with Crippen LogP contribution in [-0.4, -0.2) is 37.0 Å². The van der Waals surface area contributed by atoms with E-state index in [9.17, 15) is 9.59 Å². The number of hydrogen-bond acceptors (Lipinski definition) is 3. The second-order valence-corrected chi connectivity index (χ2v) is 3.94. The van der Waals surface area contributed by atoms with Crippen LogP contribution in [0.5, 0.6) is 0 Å². The molecule has 1 aromatic carbocycles. The molecule has 0 unspecified atom stereocenters. The molecule has 5 heteroatoms. The highest BCUT2D eigenvalue weighted by Crippen LogP contribution is 2.04. The minimum atomic E-state index is -0.557. The normalized spacial score (nSPS) is 11.5. The summed E-state index contributed by atoms with van der Waals surface area (Å²) in [6, 6.07) is 8.83. The van der Waals surface area contributed by atoms with Crippen molar-refractivity contribution in [3.05, 3.63) is 35.9 Å². The van der Waals surface area contributed by atoms with Crippen LogP contribution in [-0.2, 0) is 16.1 Å². The van der Waals surface area contributed by atoms with Crippen molar-refractivity contribution in [2.24, 2.45) is 0 Å². The van der Waals surface area contributed by atoms with Gasteiger partial charge in [-0.1, -0.05) is 30.3 Å². The number of amides is 2. The molecule has 0 spiro atoms. The second kappa shape index (κ2) is 6.64. The number of nitrogens with zero attached hydrogens (tertiary/aromatic N) is 1. The molecule has 1 aromatic rings. The minimum Gasteiger partial charge on any atom is -0.445 e. The van der Waals surface area contributed by atoms with Crippen molar-refractivity contribution < 1.29 is 14.3 Å². The number of hydrogen-bond donors (Lipinski definition) is 1. The van der Waals surface area contributed by atoms with Crippen molar-refractivity contribution in [2.75, 3.05) is 14.1 Å². The lowest BCUT2D eigenvalue weighted by Crippen LogP contribution is -2.45. The van der Waals surface area contributed by atoms with Crippen LogP contribution in [0.2, 0.25) is 0 Å². The predicted molar refractivity (Wildman–Crippen MR) is 67.9 cm³/mol. The third-order valence-electron chi connectivity index (χ3n) is 2.70. The fourth-order valence-corrected chi connectivity index (χ4v) is 1.36. The number of nitrogens with one attached hydrogen (secondary N) is 1. The Morgan fingerprint density at radius 3 is 2.50 bits per heavy atom. The van der Waals surface area contributed by atoms with E-state index in [0.717, 1.165) is 5.56 Å². The van der Waals surface area contributed by atoms with E-state index >= 15 is 0 Å². The van der Waals surface area contributed by atoms with Crippen LogP contribution in [0.3, 0.4) is 0 Å². The summed E-state index contributed by atoms with van der Waals surface area (Å²) in [5, 5.41) is 2.49. The van der Waals surface area contributed by atoms with Crippen molar-refractivity contribution in [3.63, 3.8) is 0 Å². The summed E-state index contributed by atoms with van der Waals surface area (Å²) >= 11 is 0. The average Bonchev–Trinajstić information content (AvgIpc) is 2.43. The van der Waals surface area contributed by atoms with Crippen LogP contribution in [0.25, 0.3) is 0 Å². The Bertz CT molecular complexity index is 406. The summed E-state index contributed by atoms with van der Waals surface area (Å²) in [4.78, 5) is 24.3. The van der Waals surface area contributed by atoms with Crippen LogP contribution >= 0.6 is 0 Å². The Morgan fingerprint density at radius 1 is 1.33 bits per heavy atom. The van der Waals surface area contributed by atoms with Gasteiger partial charge in [-0.3, -0.25) is 9.69 Å². The molecule has 0 aliphatic heterocycles. The summed E-state index contributed by atoms with van der Waals surface area (Å²) in [6.07, 6.45) is -0.519. The van der Waals surface area contributed by atoms with Gasteiger partial charge in [-0.25, -0.2) is 4.79 Å². The number of likely N-dealkylation sites (N-methyl/N-ethyl adjacent to an activating group) is 2. The lowest BCUT2D eigenvalue weighted by Gasteiger charge is -2.22. The van der Waals surface area contributed by atoms with Crippen LogP contribution in [0, 0.1) is 0 Å². The number of ether oxygens (including phenoxy) is 1. The van der Waals surface area contributed by atoms with Crippen molar-refractivity contribution in [3.8, 4) is 0 Å². The van der Waals surface area contributed by atoms with Gasteiger partial charge in [0.15, 0.2) is 0 Å². The Balaban J connectivity index is 2.48. The number of carbonyl (C=O) groups excluding carboxylic acids is 2. The molecule has 0 radical (unpaired) electrons. The molecular weight excluding hydrogens is 232 g/mol. The Hall–Kier alpha value is -2.04. The van der Waals surface area contributed by atoms with Gasteiger partial charge in [0.05, 0.1) is 0 Å². The van der Waals surface area contributed by atoms with E-state index in [4.69, 9.17) is 4.74 Å². The van der Waals surface area contributed by atoms with Gasteiger partial charge in [0.2, 0.25) is 5.91 Å². The molecule has 98 valence electrons. The maximum Gasteiger partial charge on any atom is 0.410 e. The second-order valence-electron chi connectivity index (χ2n) is 3.94. The molecule has 0 saturated heterocycles. The third-order valence-corrected chi connectivity index (χ3v) is 2.70. The number of benzene rings is 1. The van der Waals surface area contributed by atoms with Crippen molar-refractivity contribution in [1.82, 2.24) is 10.2 Å². The van der Waals surface area contributed by atoms with Crippen LogP contribution in [0.1, 0.15) is 12.5 Å². The van der Waals surface area contributed by atoms with E-state index in [1.54, 1.807) is 6.92 Å². The van der Waals surface area contributed by atoms with Gasteiger partial charge in [0.1, 0.15) is 12.6 Å². The first-order valence-corrected chi connectivity index (χ1v) is 5.71. The van der Waals surface area contributed by atoms with E-state index in [2.05, 4.69) is 5.32 Å². The maximum absolute atomic E-state index is 11.7. The Kier molecular flexibility index (Phi) is 5.17. The van der Waals surface area contributed by atoms with E-state index in [-0.39, 0.29) is 12.5 Å². The molecule has 1 N–H and O–H groups in total. The largest absolute Gasteiger partial charge is 0.445 e. The first-order chi connectivity index (χ1) is 8.56. The Labute approximate surface area is 107 Å². The zero-order chi connectivity index (χ0) is 13.5. The van der Waals surface area contributed by atoms with Gasteiger partial charge in [-0.15, -0.1) is 0 Å². The number of carbonyl (C=O) groups is 2. The Morgan fingerprint density at radius 2 is 1.94 bits per heavy atom. The molecule has 0 aliphatic rings. The smallest absolute Gasteiger partial charge is 0.410 e.